The summed E-state index contributed by atoms with van der Waals surface area (Å²) >= 11 is 0. The van der Waals surface area contributed by atoms with Gasteiger partial charge < -0.3 is 14.0 Å². The summed E-state index contributed by atoms with van der Waals surface area (Å²) in [5.41, 5.74) is 5.73. The molecule has 0 fully saturated rings. The molecule has 3 heterocycles. The Morgan fingerprint density at radius 1 is 1.10 bits per heavy atom. The second kappa shape index (κ2) is 8.92. The first-order chi connectivity index (χ1) is 15.1. The minimum atomic E-state index is -0.150. The summed E-state index contributed by atoms with van der Waals surface area (Å²) < 4.78 is 14.9. The lowest BCUT2D eigenvalue weighted by Crippen LogP contribution is -2.29. The van der Waals surface area contributed by atoms with E-state index in [-0.39, 0.29) is 5.97 Å². The van der Waals surface area contributed by atoms with Crippen LogP contribution < -0.4 is 9.25 Å². The lowest BCUT2D eigenvalue weighted by molar-refractivity contribution is -0.580. The van der Waals surface area contributed by atoms with Crippen LogP contribution >= 0.6 is 0 Å². The summed E-state index contributed by atoms with van der Waals surface area (Å²) in [6.45, 7) is 7.28. The van der Waals surface area contributed by atoms with Gasteiger partial charge in [0.1, 0.15) is 17.0 Å². The summed E-state index contributed by atoms with van der Waals surface area (Å²) in [6.07, 6.45) is 5.00. The first kappa shape index (κ1) is 21.1. The van der Waals surface area contributed by atoms with Gasteiger partial charge in [0.25, 0.3) is 5.52 Å². The fourth-order valence-corrected chi connectivity index (χ4v) is 4.38. The predicted octanol–water partition coefficient (Wildman–Crippen LogP) is 4.40. The van der Waals surface area contributed by atoms with E-state index in [9.17, 15) is 4.79 Å². The number of pyridine rings is 1. The molecule has 0 atom stereocenters. The number of rotatable bonds is 8. The van der Waals surface area contributed by atoms with Gasteiger partial charge in [-0.25, -0.2) is 0 Å². The fraction of sp³-hybridized carbons (Fsp3) is 0.400. The van der Waals surface area contributed by atoms with E-state index in [0.717, 1.165) is 40.8 Å². The average Bonchev–Trinajstić information content (AvgIpc) is 3.11. The third-order valence-corrected chi connectivity index (χ3v) is 5.88. The molecule has 4 aromatic rings. The van der Waals surface area contributed by atoms with Crippen LogP contribution in [0.15, 0.2) is 36.5 Å². The Bertz CT molecular complexity index is 1260. The molecule has 0 radical (unpaired) electrons. The van der Waals surface area contributed by atoms with Crippen molar-refractivity contribution in [3.63, 3.8) is 0 Å². The van der Waals surface area contributed by atoms with Crippen LogP contribution in [0.5, 0.6) is 5.75 Å². The quantitative estimate of drug-likeness (QED) is 0.313. The van der Waals surface area contributed by atoms with Gasteiger partial charge in [-0.3, -0.25) is 4.79 Å². The molecule has 0 bridgehead atoms. The fourth-order valence-electron chi connectivity index (χ4n) is 4.38. The van der Waals surface area contributed by atoms with Crippen molar-refractivity contribution in [3.05, 3.63) is 47.8 Å². The molecule has 162 valence electrons. The van der Waals surface area contributed by atoms with Gasteiger partial charge in [-0.2, -0.15) is 0 Å². The Labute approximate surface area is 182 Å². The van der Waals surface area contributed by atoms with Crippen LogP contribution in [0.2, 0.25) is 0 Å². The van der Waals surface area contributed by atoms with Crippen molar-refractivity contribution >= 4 is 33.3 Å². The highest BCUT2D eigenvalue weighted by Gasteiger charge is 2.21. The summed E-state index contributed by atoms with van der Waals surface area (Å²) in [6, 6.07) is 10.6. The van der Waals surface area contributed by atoms with E-state index in [1.54, 1.807) is 7.11 Å². The SMILES string of the molecule is CCOC(=O)CCCn1c2cc(OC)ccc2c2cc[n+]3nc(CC)c(CC)cc3c21. The van der Waals surface area contributed by atoms with Gasteiger partial charge in [-0.15, -0.1) is 0 Å². The first-order valence-electron chi connectivity index (χ1n) is 11.1. The number of hydrogen-bond donors (Lipinski definition) is 0. The third-order valence-electron chi connectivity index (χ3n) is 5.88. The molecule has 1 aromatic carbocycles. The van der Waals surface area contributed by atoms with E-state index < -0.39 is 0 Å². The second-order valence-electron chi connectivity index (χ2n) is 7.67. The molecule has 6 heteroatoms. The summed E-state index contributed by atoms with van der Waals surface area (Å²) in [5, 5.41) is 7.25. The molecule has 0 N–H and O–H groups in total. The van der Waals surface area contributed by atoms with Crippen molar-refractivity contribution in [1.29, 1.82) is 0 Å². The van der Waals surface area contributed by atoms with Crippen LogP contribution in [0.4, 0.5) is 0 Å². The number of methoxy groups -OCH3 is 1. The predicted molar refractivity (Wildman–Crippen MR) is 122 cm³/mol. The average molecular weight is 421 g/mol. The van der Waals surface area contributed by atoms with Crippen molar-refractivity contribution in [2.75, 3.05) is 13.7 Å². The van der Waals surface area contributed by atoms with E-state index in [1.165, 1.54) is 16.3 Å². The highest BCUT2D eigenvalue weighted by atomic mass is 16.5. The van der Waals surface area contributed by atoms with E-state index in [2.05, 4.69) is 42.7 Å². The molecule has 0 saturated heterocycles. The summed E-state index contributed by atoms with van der Waals surface area (Å²) in [5.74, 6) is 0.669. The largest absolute Gasteiger partial charge is 0.497 e. The van der Waals surface area contributed by atoms with E-state index in [4.69, 9.17) is 14.6 Å². The molecule has 0 aliphatic heterocycles. The zero-order valence-electron chi connectivity index (χ0n) is 18.8. The number of aromatic nitrogens is 3. The molecule has 3 aromatic heterocycles. The molecule has 4 rings (SSSR count). The molecule has 6 nitrogen and oxygen atoms in total. The van der Waals surface area contributed by atoms with E-state index in [1.807, 2.05) is 23.7 Å². The highest BCUT2D eigenvalue weighted by Crippen LogP contribution is 2.33. The number of benzene rings is 1. The highest BCUT2D eigenvalue weighted by molar-refractivity contribution is 6.12. The smallest absolute Gasteiger partial charge is 0.305 e. The van der Waals surface area contributed by atoms with Gasteiger partial charge in [0, 0.05) is 47.0 Å². The Morgan fingerprint density at radius 3 is 2.65 bits per heavy atom. The standard InChI is InChI=1S/C25H30N3O3/c1-5-17-15-23-25-20(12-14-28(23)26-21(17)6-2)19-11-10-18(30-4)16-22(19)27(25)13-8-9-24(29)31-7-3/h10-12,14-16H,5-9,13H2,1-4H3/q+1. The third kappa shape index (κ3) is 3.82. The molecule has 0 saturated carbocycles. The topological polar surface area (TPSA) is 57.5 Å². The first-order valence-corrected chi connectivity index (χ1v) is 11.1. The van der Waals surface area contributed by atoms with Crippen LogP contribution in [-0.2, 0) is 28.9 Å². The van der Waals surface area contributed by atoms with E-state index >= 15 is 0 Å². The monoisotopic (exact) mass is 420 g/mol. The number of nitrogens with zero attached hydrogens (tertiary/aromatic N) is 3. The van der Waals surface area contributed by atoms with Gasteiger partial charge in [0.2, 0.25) is 6.20 Å². The van der Waals surface area contributed by atoms with Crippen molar-refractivity contribution in [1.82, 2.24) is 9.67 Å². The molecule has 0 spiro atoms. The number of ether oxygens (including phenoxy) is 2. The molecular formula is C25H30N3O3+. The summed E-state index contributed by atoms with van der Waals surface area (Å²) in [7, 11) is 1.68. The lowest BCUT2D eigenvalue weighted by Gasteiger charge is -2.09. The Kier molecular flexibility index (Phi) is 6.07. The Morgan fingerprint density at radius 2 is 1.94 bits per heavy atom. The molecule has 0 aliphatic carbocycles. The zero-order valence-corrected chi connectivity index (χ0v) is 18.8. The van der Waals surface area contributed by atoms with Crippen LogP contribution in [-0.4, -0.2) is 29.4 Å². The van der Waals surface area contributed by atoms with Crippen LogP contribution in [0, 0.1) is 0 Å². The van der Waals surface area contributed by atoms with Crippen molar-refractivity contribution in [2.24, 2.45) is 0 Å². The minimum Gasteiger partial charge on any atom is -0.497 e. The Hall–Kier alpha value is -3.15. The number of esters is 1. The van der Waals surface area contributed by atoms with Gasteiger partial charge >= 0.3 is 5.97 Å². The van der Waals surface area contributed by atoms with Crippen LogP contribution in [0.3, 0.4) is 0 Å². The maximum Gasteiger partial charge on any atom is 0.305 e. The molecule has 31 heavy (non-hydrogen) atoms. The zero-order chi connectivity index (χ0) is 22.0. The maximum atomic E-state index is 11.9. The molecule has 0 aliphatic rings. The van der Waals surface area contributed by atoms with Gasteiger partial charge in [0.15, 0.2) is 0 Å². The van der Waals surface area contributed by atoms with Crippen LogP contribution in [0.25, 0.3) is 27.3 Å². The van der Waals surface area contributed by atoms with Crippen molar-refractivity contribution in [2.45, 2.75) is 53.0 Å². The lowest BCUT2D eigenvalue weighted by atomic mass is 10.1. The number of fused-ring (bicyclic) bond motifs is 5. The van der Waals surface area contributed by atoms with Gasteiger partial charge in [-0.1, -0.05) is 18.4 Å². The van der Waals surface area contributed by atoms with Gasteiger partial charge in [0.05, 0.1) is 19.2 Å². The van der Waals surface area contributed by atoms with Crippen LogP contribution in [0.1, 0.15) is 44.9 Å². The van der Waals surface area contributed by atoms with Gasteiger partial charge in [-0.05, 0) is 43.9 Å². The number of carbonyl (C=O) groups excluding carboxylic acids is 1. The minimum absolute atomic E-state index is 0.150. The van der Waals surface area contributed by atoms with E-state index in [0.29, 0.717) is 26.0 Å². The normalized spacial score (nSPS) is 11.5. The summed E-state index contributed by atoms with van der Waals surface area (Å²) in [4.78, 5) is 11.9. The maximum absolute atomic E-state index is 11.9. The molecular weight excluding hydrogens is 390 g/mol. The Balaban J connectivity index is 1.94. The molecule has 0 amide bonds. The van der Waals surface area contributed by atoms with Crippen molar-refractivity contribution < 1.29 is 18.8 Å². The second-order valence-corrected chi connectivity index (χ2v) is 7.67. The van der Waals surface area contributed by atoms with Crippen molar-refractivity contribution in [3.8, 4) is 5.75 Å². The number of hydrogen-bond acceptors (Lipinski definition) is 4. The number of carbonyl (C=O) groups is 1. The molecule has 0 unspecified atom stereocenters. The number of aryl methyl sites for hydroxylation is 3.